The van der Waals surface area contributed by atoms with Crippen molar-refractivity contribution in [1.82, 2.24) is 4.98 Å². The van der Waals surface area contributed by atoms with Crippen molar-refractivity contribution in [3.8, 4) is 0 Å². The van der Waals surface area contributed by atoms with E-state index in [2.05, 4.69) is 9.71 Å². The van der Waals surface area contributed by atoms with Gasteiger partial charge < -0.3 is 5.73 Å². The zero-order valence-electron chi connectivity index (χ0n) is 11.0. The van der Waals surface area contributed by atoms with Gasteiger partial charge in [-0.3, -0.25) is 4.72 Å². The minimum atomic E-state index is -4.08. The van der Waals surface area contributed by atoms with Crippen molar-refractivity contribution >= 4 is 21.4 Å². The second-order valence-electron chi connectivity index (χ2n) is 4.43. The summed E-state index contributed by atoms with van der Waals surface area (Å²) < 4.78 is 40.2. The number of anilines is 2. The first-order valence-electron chi connectivity index (χ1n) is 5.81. The number of nitrogen functional groups attached to an aromatic ring is 1. The molecule has 2 rings (SSSR count). The van der Waals surface area contributed by atoms with Crippen molar-refractivity contribution in [2.24, 2.45) is 0 Å². The zero-order valence-corrected chi connectivity index (χ0v) is 11.8. The SMILES string of the molecule is Cc1cc(N)cc(C)c1NS(=O)(=O)c1ncccc1F. The van der Waals surface area contributed by atoms with Gasteiger partial charge in [-0.2, -0.15) is 8.42 Å². The number of sulfonamides is 1. The molecule has 0 aliphatic heterocycles. The molecule has 0 aliphatic rings. The van der Waals surface area contributed by atoms with Gasteiger partial charge in [-0.1, -0.05) is 0 Å². The van der Waals surface area contributed by atoms with E-state index in [1.54, 1.807) is 26.0 Å². The Kier molecular flexibility index (Phi) is 3.63. The molecule has 5 nitrogen and oxygen atoms in total. The summed E-state index contributed by atoms with van der Waals surface area (Å²) in [5, 5.41) is -0.629. The molecule has 0 saturated heterocycles. The van der Waals surface area contributed by atoms with Gasteiger partial charge in [0.25, 0.3) is 10.0 Å². The molecule has 1 aromatic heterocycles. The molecule has 0 amide bonds. The van der Waals surface area contributed by atoms with E-state index in [1.165, 1.54) is 12.3 Å². The lowest BCUT2D eigenvalue weighted by atomic mass is 10.1. The van der Waals surface area contributed by atoms with Crippen LogP contribution in [0.25, 0.3) is 0 Å². The topological polar surface area (TPSA) is 85.1 Å². The summed E-state index contributed by atoms with van der Waals surface area (Å²) in [6.45, 7) is 3.44. The van der Waals surface area contributed by atoms with E-state index in [4.69, 9.17) is 5.73 Å². The Balaban J connectivity index is 2.47. The summed E-state index contributed by atoms with van der Waals surface area (Å²) >= 11 is 0. The molecule has 0 spiro atoms. The second-order valence-corrected chi connectivity index (χ2v) is 6.02. The third-order valence-corrected chi connectivity index (χ3v) is 4.05. The maximum Gasteiger partial charge on any atom is 0.282 e. The van der Waals surface area contributed by atoms with Crippen molar-refractivity contribution in [1.29, 1.82) is 0 Å². The third-order valence-electron chi connectivity index (χ3n) is 2.77. The number of aryl methyl sites for hydroxylation is 2. The standard InChI is InChI=1S/C13H14FN3O2S/c1-8-6-10(15)7-9(2)12(8)17-20(18,19)13-11(14)4-3-5-16-13/h3-7,17H,15H2,1-2H3. The van der Waals surface area contributed by atoms with Crippen LogP contribution in [0.5, 0.6) is 0 Å². The fourth-order valence-corrected chi connectivity index (χ4v) is 3.12. The Bertz CT molecular complexity index is 737. The number of nitrogens with one attached hydrogen (secondary N) is 1. The normalized spacial score (nSPS) is 11.3. The summed E-state index contributed by atoms with van der Waals surface area (Å²) in [5.74, 6) is -0.897. The minimum Gasteiger partial charge on any atom is -0.399 e. The lowest BCUT2D eigenvalue weighted by Crippen LogP contribution is -2.17. The maximum absolute atomic E-state index is 13.6. The van der Waals surface area contributed by atoms with Gasteiger partial charge in [-0.25, -0.2) is 9.37 Å². The van der Waals surface area contributed by atoms with Crippen LogP contribution in [0, 0.1) is 19.7 Å². The Hall–Kier alpha value is -2.15. The monoisotopic (exact) mass is 295 g/mol. The van der Waals surface area contributed by atoms with Crippen molar-refractivity contribution < 1.29 is 12.8 Å². The molecule has 20 heavy (non-hydrogen) atoms. The Morgan fingerprint density at radius 3 is 2.40 bits per heavy atom. The second kappa shape index (κ2) is 5.09. The Labute approximate surface area is 116 Å². The van der Waals surface area contributed by atoms with Crippen LogP contribution < -0.4 is 10.5 Å². The number of hydrogen-bond donors (Lipinski definition) is 2. The quantitative estimate of drug-likeness (QED) is 0.850. The molecule has 0 fully saturated rings. The molecule has 2 aromatic rings. The number of hydrogen-bond acceptors (Lipinski definition) is 4. The van der Waals surface area contributed by atoms with Gasteiger partial charge >= 0.3 is 0 Å². The van der Waals surface area contributed by atoms with Crippen LogP contribution in [0.4, 0.5) is 15.8 Å². The van der Waals surface area contributed by atoms with Crippen LogP contribution >= 0.6 is 0 Å². The van der Waals surface area contributed by atoms with Gasteiger partial charge in [0.05, 0.1) is 5.69 Å². The number of benzene rings is 1. The molecule has 0 bridgehead atoms. The predicted octanol–water partition coefficient (Wildman–Crippen LogP) is 2.22. The predicted molar refractivity (Wildman–Crippen MR) is 75.3 cm³/mol. The van der Waals surface area contributed by atoms with Gasteiger partial charge in [0.1, 0.15) is 0 Å². The lowest BCUT2D eigenvalue weighted by Gasteiger charge is -2.13. The molecule has 0 saturated carbocycles. The van der Waals surface area contributed by atoms with E-state index in [9.17, 15) is 12.8 Å². The first kappa shape index (κ1) is 14.3. The van der Waals surface area contributed by atoms with Crippen molar-refractivity contribution in [2.75, 3.05) is 10.5 Å². The maximum atomic E-state index is 13.6. The van der Waals surface area contributed by atoms with Gasteiger partial charge in [0, 0.05) is 11.9 Å². The van der Waals surface area contributed by atoms with E-state index in [1.807, 2.05) is 0 Å². The Morgan fingerprint density at radius 2 is 1.85 bits per heavy atom. The van der Waals surface area contributed by atoms with Crippen molar-refractivity contribution in [2.45, 2.75) is 18.9 Å². The first-order valence-corrected chi connectivity index (χ1v) is 7.29. The van der Waals surface area contributed by atoms with E-state index >= 15 is 0 Å². The fraction of sp³-hybridized carbons (Fsp3) is 0.154. The van der Waals surface area contributed by atoms with Crippen LogP contribution in [0.1, 0.15) is 11.1 Å². The Morgan fingerprint density at radius 1 is 1.25 bits per heavy atom. The molecule has 0 radical (unpaired) electrons. The highest BCUT2D eigenvalue weighted by Crippen LogP contribution is 2.26. The summed E-state index contributed by atoms with van der Waals surface area (Å²) in [5.41, 5.74) is 7.90. The number of nitrogens with zero attached hydrogens (tertiary/aromatic N) is 1. The van der Waals surface area contributed by atoms with E-state index < -0.39 is 20.9 Å². The van der Waals surface area contributed by atoms with E-state index in [0.29, 0.717) is 22.5 Å². The number of nitrogens with two attached hydrogens (primary N) is 1. The van der Waals surface area contributed by atoms with Gasteiger partial charge in [-0.05, 0) is 49.2 Å². The minimum absolute atomic E-state index is 0.379. The third kappa shape index (κ3) is 2.72. The largest absolute Gasteiger partial charge is 0.399 e. The van der Waals surface area contributed by atoms with Crippen LogP contribution in [0.3, 0.4) is 0 Å². The molecule has 0 unspecified atom stereocenters. The lowest BCUT2D eigenvalue weighted by molar-refractivity contribution is 0.556. The average molecular weight is 295 g/mol. The van der Waals surface area contributed by atoms with Gasteiger partial charge in [0.15, 0.2) is 5.82 Å². The summed E-state index contributed by atoms with van der Waals surface area (Å²) in [6.07, 6.45) is 1.22. The number of aromatic nitrogens is 1. The van der Waals surface area contributed by atoms with Crippen LogP contribution in [-0.4, -0.2) is 13.4 Å². The van der Waals surface area contributed by atoms with Crippen LogP contribution in [0.2, 0.25) is 0 Å². The van der Waals surface area contributed by atoms with Crippen LogP contribution in [0.15, 0.2) is 35.5 Å². The van der Waals surface area contributed by atoms with Gasteiger partial charge in [-0.15, -0.1) is 0 Å². The van der Waals surface area contributed by atoms with E-state index in [-0.39, 0.29) is 0 Å². The summed E-state index contributed by atoms with van der Waals surface area (Å²) in [6, 6.07) is 5.65. The smallest absolute Gasteiger partial charge is 0.282 e. The zero-order chi connectivity index (χ0) is 14.9. The van der Waals surface area contributed by atoms with E-state index in [0.717, 1.165) is 6.07 Å². The highest BCUT2D eigenvalue weighted by Gasteiger charge is 2.22. The number of rotatable bonds is 3. The molecule has 0 aliphatic carbocycles. The average Bonchev–Trinajstić information content (AvgIpc) is 2.34. The first-order chi connectivity index (χ1) is 9.31. The fourth-order valence-electron chi connectivity index (χ4n) is 1.91. The molecule has 3 N–H and O–H groups in total. The van der Waals surface area contributed by atoms with Crippen molar-refractivity contribution in [3.05, 3.63) is 47.4 Å². The highest BCUT2D eigenvalue weighted by molar-refractivity contribution is 7.92. The number of halogens is 1. The molecule has 1 heterocycles. The molecule has 106 valence electrons. The molecular weight excluding hydrogens is 281 g/mol. The van der Waals surface area contributed by atoms with Crippen molar-refractivity contribution in [3.63, 3.8) is 0 Å². The molecule has 7 heteroatoms. The molecule has 1 aromatic carbocycles. The highest BCUT2D eigenvalue weighted by atomic mass is 32.2. The number of pyridine rings is 1. The summed E-state index contributed by atoms with van der Waals surface area (Å²) in [7, 11) is -4.08. The molecular formula is C13H14FN3O2S. The summed E-state index contributed by atoms with van der Waals surface area (Å²) in [4.78, 5) is 3.57. The van der Waals surface area contributed by atoms with Gasteiger partial charge in [0.2, 0.25) is 5.03 Å². The van der Waals surface area contributed by atoms with Crippen LogP contribution in [-0.2, 0) is 10.0 Å². The molecule has 0 atom stereocenters.